The largest absolute Gasteiger partial charge is 0.497 e. The Morgan fingerprint density at radius 2 is 1.71 bits per heavy atom. The molecule has 2 aromatic heterocycles. The molecule has 9 heteroatoms. The highest BCUT2D eigenvalue weighted by atomic mass is 16.5. The van der Waals surface area contributed by atoms with Crippen LogP contribution in [0.3, 0.4) is 0 Å². The predicted molar refractivity (Wildman–Crippen MR) is 150 cm³/mol. The van der Waals surface area contributed by atoms with Gasteiger partial charge >= 0.3 is 0 Å². The minimum absolute atomic E-state index is 0.239. The van der Waals surface area contributed by atoms with E-state index >= 15 is 0 Å². The van der Waals surface area contributed by atoms with Gasteiger partial charge in [-0.1, -0.05) is 0 Å². The van der Waals surface area contributed by atoms with Gasteiger partial charge < -0.3 is 24.6 Å². The Labute approximate surface area is 221 Å². The fraction of sp³-hybridized carbons (Fsp3) is 0.241. The molecular weight excluding hydrogens is 480 g/mol. The lowest BCUT2D eigenvalue weighted by Crippen LogP contribution is -2.47. The number of carbonyl (C=O) groups excluding carboxylic acids is 1. The van der Waals surface area contributed by atoms with Crippen LogP contribution in [0.2, 0.25) is 0 Å². The smallest absolute Gasteiger partial charge is 0.248 e. The summed E-state index contributed by atoms with van der Waals surface area (Å²) in [6, 6.07) is 15.2. The van der Waals surface area contributed by atoms with E-state index < -0.39 is 0 Å². The molecule has 9 nitrogen and oxygen atoms in total. The number of carbonyl (C=O) groups is 1. The van der Waals surface area contributed by atoms with E-state index in [1.54, 1.807) is 38.8 Å². The molecular formula is C29H30N6O3. The fourth-order valence-electron chi connectivity index (χ4n) is 4.53. The van der Waals surface area contributed by atoms with Crippen molar-refractivity contribution in [1.82, 2.24) is 15.0 Å². The summed E-state index contributed by atoms with van der Waals surface area (Å²) in [7, 11) is 3.19. The summed E-state index contributed by atoms with van der Waals surface area (Å²) < 4.78 is 10.7. The van der Waals surface area contributed by atoms with Gasteiger partial charge in [-0.2, -0.15) is 0 Å². The van der Waals surface area contributed by atoms with Crippen LogP contribution < -0.4 is 24.6 Å². The summed E-state index contributed by atoms with van der Waals surface area (Å²) in [5.41, 5.74) is 3.46. The molecule has 5 rings (SSSR count). The second-order valence-electron chi connectivity index (χ2n) is 8.98. The number of hydrogen-bond acceptors (Lipinski definition) is 8. The third-order valence-electron chi connectivity index (χ3n) is 6.56. The topological polar surface area (TPSA) is 92.7 Å². The van der Waals surface area contributed by atoms with Crippen LogP contribution in [0.1, 0.15) is 11.1 Å². The Balaban J connectivity index is 1.27. The number of amides is 1. The van der Waals surface area contributed by atoms with E-state index in [9.17, 15) is 4.79 Å². The van der Waals surface area contributed by atoms with Crippen molar-refractivity contribution < 1.29 is 14.3 Å². The molecule has 194 valence electrons. The minimum atomic E-state index is -0.239. The van der Waals surface area contributed by atoms with E-state index in [1.807, 2.05) is 36.4 Å². The lowest BCUT2D eigenvalue weighted by molar-refractivity contribution is -0.111. The molecule has 0 atom stereocenters. The maximum absolute atomic E-state index is 12.6. The van der Waals surface area contributed by atoms with E-state index in [0.717, 1.165) is 60.0 Å². The average molecular weight is 511 g/mol. The average Bonchev–Trinajstić information content (AvgIpc) is 2.96. The normalized spacial score (nSPS) is 13.7. The summed E-state index contributed by atoms with van der Waals surface area (Å²) in [4.78, 5) is 30.8. The van der Waals surface area contributed by atoms with Gasteiger partial charge in [0.25, 0.3) is 0 Å². The second-order valence-corrected chi connectivity index (χ2v) is 8.98. The molecule has 0 unspecified atom stereocenters. The monoisotopic (exact) mass is 510 g/mol. The van der Waals surface area contributed by atoms with Gasteiger partial charge in [-0.3, -0.25) is 4.79 Å². The molecule has 2 aromatic carbocycles. The molecule has 0 bridgehead atoms. The van der Waals surface area contributed by atoms with Crippen molar-refractivity contribution >= 4 is 40.3 Å². The van der Waals surface area contributed by atoms with Crippen LogP contribution in [0.15, 0.2) is 67.0 Å². The summed E-state index contributed by atoms with van der Waals surface area (Å²) in [5.74, 6) is 2.83. The molecule has 1 amide bonds. The number of fused-ring (bicyclic) bond motifs is 1. The number of pyridine rings is 1. The summed E-state index contributed by atoms with van der Waals surface area (Å²) in [5, 5.41) is 3.94. The maximum atomic E-state index is 12.6. The molecule has 1 N–H and O–H groups in total. The number of rotatable bonds is 7. The Kier molecular flexibility index (Phi) is 7.35. The highest BCUT2D eigenvalue weighted by molar-refractivity contribution is 6.03. The van der Waals surface area contributed by atoms with Crippen molar-refractivity contribution in [3.8, 4) is 11.5 Å². The lowest BCUT2D eigenvalue weighted by Gasteiger charge is -2.35. The summed E-state index contributed by atoms with van der Waals surface area (Å²) >= 11 is 0. The lowest BCUT2D eigenvalue weighted by atomic mass is 10.1. The van der Waals surface area contributed by atoms with Crippen LogP contribution in [0.25, 0.3) is 17.0 Å². The van der Waals surface area contributed by atoms with Crippen LogP contribution in [0.5, 0.6) is 11.5 Å². The number of piperazine rings is 1. The Hall–Kier alpha value is -4.66. The first kappa shape index (κ1) is 25.0. The highest BCUT2D eigenvalue weighted by Crippen LogP contribution is 2.27. The van der Waals surface area contributed by atoms with Crippen molar-refractivity contribution in [1.29, 1.82) is 0 Å². The first-order valence-corrected chi connectivity index (χ1v) is 12.4. The molecule has 0 aliphatic carbocycles. The third-order valence-corrected chi connectivity index (χ3v) is 6.56. The van der Waals surface area contributed by atoms with Crippen molar-refractivity contribution in [3.05, 3.63) is 78.1 Å². The van der Waals surface area contributed by atoms with Crippen LogP contribution in [-0.2, 0) is 4.79 Å². The Morgan fingerprint density at radius 3 is 2.45 bits per heavy atom. The number of anilines is 3. The molecule has 0 radical (unpaired) electrons. The number of nitrogens with zero attached hydrogens (tertiary/aromatic N) is 5. The maximum Gasteiger partial charge on any atom is 0.248 e. The van der Waals surface area contributed by atoms with Gasteiger partial charge in [0.15, 0.2) is 0 Å². The van der Waals surface area contributed by atoms with Gasteiger partial charge in [0.2, 0.25) is 11.9 Å². The first-order chi connectivity index (χ1) is 18.5. The number of aryl methyl sites for hydroxylation is 1. The van der Waals surface area contributed by atoms with Gasteiger partial charge in [-0.15, -0.1) is 0 Å². The van der Waals surface area contributed by atoms with Crippen molar-refractivity contribution in [2.45, 2.75) is 6.92 Å². The van der Waals surface area contributed by atoms with E-state index in [4.69, 9.17) is 14.5 Å². The van der Waals surface area contributed by atoms with Crippen LogP contribution in [0, 0.1) is 6.92 Å². The number of benzene rings is 2. The molecule has 0 saturated carbocycles. The van der Waals surface area contributed by atoms with Gasteiger partial charge in [-0.25, -0.2) is 15.0 Å². The SMILES string of the molecule is COc1ccc(OC)c(C=CC(=O)Nc2ccc3nc(N4CCN(c5ncccn5)CC4)cc(C)c3c2)c1. The van der Waals surface area contributed by atoms with E-state index in [1.165, 1.54) is 6.08 Å². The second kappa shape index (κ2) is 11.2. The summed E-state index contributed by atoms with van der Waals surface area (Å²) in [6.07, 6.45) is 6.73. The zero-order chi connectivity index (χ0) is 26.5. The van der Waals surface area contributed by atoms with Gasteiger partial charge in [0.05, 0.1) is 19.7 Å². The summed E-state index contributed by atoms with van der Waals surface area (Å²) in [6.45, 7) is 5.43. The molecule has 1 saturated heterocycles. The minimum Gasteiger partial charge on any atom is -0.497 e. The van der Waals surface area contributed by atoms with Crippen LogP contribution >= 0.6 is 0 Å². The predicted octanol–water partition coefficient (Wildman–Crippen LogP) is 4.33. The van der Waals surface area contributed by atoms with Crippen molar-refractivity contribution in [3.63, 3.8) is 0 Å². The number of hydrogen-bond donors (Lipinski definition) is 1. The number of aromatic nitrogens is 3. The molecule has 1 fully saturated rings. The van der Waals surface area contributed by atoms with Crippen LogP contribution in [-0.4, -0.2) is 61.3 Å². The molecule has 1 aliphatic rings. The number of nitrogens with one attached hydrogen (secondary N) is 1. The first-order valence-electron chi connectivity index (χ1n) is 12.4. The standard InChI is InChI=1S/C29H30N6O3/c1-20-17-27(34-13-15-35(16-14-34)29-30-11-4-12-31-29)33-25-8-6-22(19-24(20)25)32-28(36)10-5-21-18-23(37-2)7-9-26(21)38-3/h4-12,17-19H,13-16H2,1-3H3,(H,32,36). The van der Waals surface area contributed by atoms with E-state index in [0.29, 0.717) is 17.2 Å². The van der Waals surface area contributed by atoms with E-state index in [-0.39, 0.29) is 5.91 Å². The van der Waals surface area contributed by atoms with E-state index in [2.05, 4.69) is 38.1 Å². The Bertz CT molecular complexity index is 1470. The van der Waals surface area contributed by atoms with Gasteiger partial charge in [0, 0.05) is 61.3 Å². The molecule has 4 aromatic rings. The third kappa shape index (κ3) is 5.51. The van der Waals surface area contributed by atoms with Crippen LogP contribution in [0.4, 0.5) is 17.5 Å². The highest BCUT2D eigenvalue weighted by Gasteiger charge is 2.20. The molecule has 1 aliphatic heterocycles. The van der Waals surface area contributed by atoms with Crippen molar-refractivity contribution in [2.75, 3.05) is 55.5 Å². The molecule has 3 heterocycles. The quantitative estimate of drug-likeness (QED) is 0.368. The zero-order valence-electron chi connectivity index (χ0n) is 21.7. The van der Waals surface area contributed by atoms with Gasteiger partial charge in [0.1, 0.15) is 17.3 Å². The fourth-order valence-corrected chi connectivity index (χ4v) is 4.53. The molecule has 38 heavy (non-hydrogen) atoms. The zero-order valence-corrected chi connectivity index (χ0v) is 21.7. The molecule has 0 spiro atoms. The number of ether oxygens (including phenoxy) is 2. The number of methoxy groups -OCH3 is 2. The Morgan fingerprint density at radius 1 is 0.947 bits per heavy atom. The van der Waals surface area contributed by atoms with Gasteiger partial charge in [-0.05, 0) is 67.1 Å². The van der Waals surface area contributed by atoms with Crippen molar-refractivity contribution in [2.24, 2.45) is 0 Å².